The lowest BCUT2D eigenvalue weighted by molar-refractivity contribution is -0.142. The van der Waals surface area contributed by atoms with Crippen LogP contribution in [0.15, 0.2) is 5.38 Å². The quantitative estimate of drug-likeness (QED) is 0.865. The van der Waals surface area contributed by atoms with E-state index in [0.717, 1.165) is 10.9 Å². The van der Waals surface area contributed by atoms with Crippen LogP contribution in [0.5, 0.6) is 0 Å². The van der Waals surface area contributed by atoms with Crippen molar-refractivity contribution in [2.24, 2.45) is 5.92 Å². The van der Waals surface area contributed by atoms with Crippen molar-refractivity contribution in [2.45, 2.75) is 70.6 Å². The summed E-state index contributed by atoms with van der Waals surface area (Å²) in [5.74, 6) is 0.638. The molecule has 3 nitrogen and oxygen atoms in total. The zero-order valence-electron chi connectivity index (χ0n) is 12.7. The molecule has 0 radical (unpaired) electrons. The molecule has 1 aliphatic carbocycles. The molecule has 112 valence electrons. The lowest BCUT2D eigenvalue weighted by Crippen LogP contribution is -2.29. The van der Waals surface area contributed by atoms with Gasteiger partial charge in [0.2, 0.25) is 0 Å². The van der Waals surface area contributed by atoms with Crippen molar-refractivity contribution in [3.63, 3.8) is 0 Å². The molecule has 2 rings (SSSR count). The van der Waals surface area contributed by atoms with E-state index < -0.39 is 11.4 Å². The number of rotatable bonds is 5. The van der Waals surface area contributed by atoms with Gasteiger partial charge in [-0.3, -0.25) is 4.79 Å². The van der Waals surface area contributed by atoms with Gasteiger partial charge in [-0.15, -0.1) is 11.3 Å². The van der Waals surface area contributed by atoms with Crippen molar-refractivity contribution in [1.29, 1.82) is 0 Å². The summed E-state index contributed by atoms with van der Waals surface area (Å²) in [6, 6.07) is 0. The number of nitrogens with zero attached hydrogens (tertiary/aromatic N) is 1. The SMILES string of the molecule is CCCC1CCC(c2nc(C(C)(C)C(=O)O)cs2)CC1. The van der Waals surface area contributed by atoms with Crippen LogP contribution < -0.4 is 0 Å². The molecule has 0 unspecified atom stereocenters. The van der Waals surface area contributed by atoms with Gasteiger partial charge in [-0.05, 0) is 45.4 Å². The van der Waals surface area contributed by atoms with Crippen LogP contribution in [0.4, 0.5) is 0 Å². The molecule has 4 heteroatoms. The topological polar surface area (TPSA) is 50.2 Å². The fourth-order valence-corrected chi connectivity index (χ4v) is 4.14. The highest BCUT2D eigenvalue weighted by atomic mass is 32.1. The molecule has 1 aliphatic rings. The molecular formula is C16H25NO2S. The minimum atomic E-state index is -0.881. The van der Waals surface area contributed by atoms with Gasteiger partial charge in [-0.25, -0.2) is 4.98 Å². The van der Waals surface area contributed by atoms with Gasteiger partial charge in [0.25, 0.3) is 0 Å². The maximum absolute atomic E-state index is 11.3. The summed E-state index contributed by atoms with van der Waals surface area (Å²) in [6.07, 6.45) is 7.66. The summed E-state index contributed by atoms with van der Waals surface area (Å²) in [4.78, 5) is 15.9. The first-order valence-electron chi connectivity index (χ1n) is 7.64. The first kappa shape index (κ1) is 15.5. The predicted molar refractivity (Wildman–Crippen MR) is 82.4 cm³/mol. The van der Waals surface area contributed by atoms with Crippen LogP contribution in [0.3, 0.4) is 0 Å². The zero-order valence-corrected chi connectivity index (χ0v) is 13.5. The Hall–Kier alpha value is -0.900. The van der Waals surface area contributed by atoms with E-state index in [1.165, 1.54) is 38.5 Å². The second-order valence-electron chi connectivity index (χ2n) is 6.51. The van der Waals surface area contributed by atoms with Crippen molar-refractivity contribution < 1.29 is 9.90 Å². The molecule has 1 aromatic rings. The molecule has 1 heterocycles. The fourth-order valence-electron chi connectivity index (χ4n) is 2.98. The van der Waals surface area contributed by atoms with Gasteiger partial charge >= 0.3 is 5.97 Å². The highest BCUT2D eigenvalue weighted by Crippen LogP contribution is 2.39. The number of thiazole rings is 1. The molecule has 0 aliphatic heterocycles. The summed E-state index contributed by atoms with van der Waals surface area (Å²) >= 11 is 1.64. The van der Waals surface area contributed by atoms with Gasteiger partial charge < -0.3 is 5.11 Å². The van der Waals surface area contributed by atoms with Crippen molar-refractivity contribution >= 4 is 17.3 Å². The standard InChI is InChI=1S/C16H25NO2S/c1-4-5-11-6-8-12(9-7-11)14-17-13(10-20-14)16(2,3)15(18)19/h10-12H,4-9H2,1-3H3,(H,18,19). The summed E-state index contributed by atoms with van der Waals surface area (Å²) in [7, 11) is 0. The Labute approximate surface area is 125 Å². The minimum absolute atomic E-state index is 0.548. The first-order valence-corrected chi connectivity index (χ1v) is 8.52. The number of hydrogen-bond donors (Lipinski definition) is 1. The van der Waals surface area contributed by atoms with Crippen LogP contribution in [0.1, 0.15) is 75.9 Å². The number of carbonyl (C=O) groups is 1. The minimum Gasteiger partial charge on any atom is -0.481 e. The second-order valence-corrected chi connectivity index (χ2v) is 7.40. The highest BCUT2D eigenvalue weighted by molar-refractivity contribution is 7.09. The van der Waals surface area contributed by atoms with E-state index in [-0.39, 0.29) is 0 Å². The van der Waals surface area contributed by atoms with Gasteiger partial charge in [-0.1, -0.05) is 19.8 Å². The number of carboxylic acid groups (broad SMARTS) is 1. The number of aliphatic carboxylic acids is 1. The van der Waals surface area contributed by atoms with Crippen LogP contribution in [0.25, 0.3) is 0 Å². The molecular weight excluding hydrogens is 270 g/mol. The molecule has 0 amide bonds. The Morgan fingerprint density at radius 2 is 2.05 bits per heavy atom. The Bertz CT molecular complexity index is 459. The van der Waals surface area contributed by atoms with E-state index in [1.807, 2.05) is 5.38 Å². The van der Waals surface area contributed by atoms with Gasteiger partial charge in [0.05, 0.1) is 10.7 Å². The van der Waals surface area contributed by atoms with Crippen LogP contribution in [-0.2, 0) is 10.2 Å². The Morgan fingerprint density at radius 3 is 2.60 bits per heavy atom. The first-order chi connectivity index (χ1) is 9.45. The third-order valence-corrected chi connectivity index (χ3v) is 5.60. The molecule has 0 aromatic carbocycles. The third kappa shape index (κ3) is 3.22. The molecule has 1 N–H and O–H groups in total. The number of hydrogen-bond acceptors (Lipinski definition) is 3. The molecule has 0 saturated heterocycles. The van der Waals surface area contributed by atoms with Crippen molar-refractivity contribution in [2.75, 3.05) is 0 Å². The normalized spacial score (nSPS) is 23.8. The molecule has 1 fully saturated rings. The summed E-state index contributed by atoms with van der Waals surface area (Å²) in [5, 5.41) is 12.3. The average molecular weight is 295 g/mol. The van der Waals surface area contributed by atoms with Crippen molar-refractivity contribution in [1.82, 2.24) is 4.98 Å². The van der Waals surface area contributed by atoms with Gasteiger partial charge in [0.1, 0.15) is 5.41 Å². The van der Waals surface area contributed by atoms with E-state index in [1.54, 1.807) is 25.2 Å². The Morgan fingerprint density at radius 1 is 1.40 bits per heavy atom. The molecule has 20 heavy (non-hydrogen) atoms. The Balaban J connectivity index is 2.02. The second kappa shape index (κ2) is 6.25. The summed E-state index contributed by atoms with van der Waals surface area (Å²) in [6.45, 7) is 5.71. The average Bonchev–Trinajstić information content (AvgIpc) is 2.90. The van der Waals surface area contributed by atoms with Crippen LogP contribution in [0.2, 0.25) is 0 Å². The maximum Gasteiger partial charge on any atom is 0.315 e. The molecule has 0 spiro atoms. The monoisotopic (exact) mass is 295 g/mol. The lowest BCUT2D eigenvalue weighted by Gasteiger charge is -2.27. The highest BCUT2D eigenvalue weighted by Gasteiger charge is 2.33. The summed E-state index contributed by atoms with van der Waals surface area (Å²) in [5.41, 5.74) is -0.172. The van der Waals surface area contributed by atoms with E-state index in [9.17, 15) is 9.90 Å². The van der Waals surface area contributed by atoms with Crippen molar-refractivity contribution in [3.8, 4) is 0 Å². The van der Waals surface area contributed by atoms with Crippen LogP contribution in [0, 0.1) is 5.92 Å². The molecule has 0 atom stereocenters. The van der Waals surface area contributed by atoms with E-state index in [4.69, 9.17) is 0 Å². The smallest absolute Gasteiger partial charge is 0.315 e. The Kier molecular flexibility index (Phi) is 4.84. The van der Waals surface area contributed by atoms with E-state index >= 15 is 0 Å². The molecule has 1 saturated carbocycles. The number of aromatic nitrogens is 1. The van der Waals surface area contributed by atoms with Crippen LogP contribution in [-0.4, -0.2) is 16.1 Å². The van der Waals surface area contributed by atoms with Gasteiger partial charge in [0.15, 0.2) is 0 Å². The van der Waals surface area contributed by atoms with Gasteiger partial charge in [0, 0.05) is 11.3 Å². The largest absolute Gasteiger partial charge is 0.481 e. The zero-order chi connectivity index (χ0) is 14.8. The van der Waals surface area contributed by atoms with E-state index in [0.29, 0.717) is 11.6 Å². The predicted octanol–water partition coefficient (Wildman–Crippen LogP) is 4.58. The lowest BCUT2D eigenvalue weighted by atomic mass is 9.80. The molecule has 1 aromatic heterocycles. The summed E-state index contributed by atoms with van der Waals surface area (Å²) < 4.78 is 0. The molecule has 0 bridgehead atoms. The van der Waals surface area contributed by atoms with Crippen LogP contribution >= 0.6 is 11.3 Å². The fraction of sp³-hybridized carbons (Fsp3) is 0.750. The number of carboxylic acids is 1. The van der Waals surface area contributed by atoms with E-state index in [2.05, 4.69) is 11.9 Å². The maximum atomic E-state index is 11.3. The van der Waals surface area contributed by atoms with Crippen molar-refractivity contribution in [3.05, 3.63) is 16.1 Å². The van der Waals surface area contributed by atoms with Gasteiger partial charge in [-0.2, -0.15) is 0 Å². The third-order valence-electron chi connectivity index (χ3n) is 4.59.